The highest BCUT2D eigenvalue weighted by Crippen LogP contribution is 2.28. The molecule has 7 nitrogen and oxygen atoms in total. The van der Waals surface area contributed by atoms with Crippen molar-refractivity contribution in [2.24, 2.45) is 7.05 Å². The Bertz CT molecular complexity index is 896. The molecule has 27 heavy (non-hydrogen) atoms. The van der Waals surface area contributed by atoms with Crippen LogP contribution in [0, 0.1) is 11.3 Å². The maximum absolute atomic E-state index is 12.4. The van der Waals surface area contributed by atoms with Crippen LogP contribution in [0.25, 0.3) is 0 Å². The van der Waals surface area contributed by atoms with Gasteiger partial charge in [-0.05, 0) is 50.2 Å². The summed E-state index contributed by atoms with van der Waals surface area (Å²) in [6.07, 6.45) is 9.55. The van der Waals surface area contributed by atoms with Gasteiger partial charge in [-0.1, -0.05) is 0 Å². The second-order valence-electron chi connectivity index (χ2n) is 7.47. The van der Waals surface area contributed by atoms with Gasteiger partial charge in [-0.25, -0.2) is 9.97 Å². The fourth-order valence-electron chi connectivity index (χ4n) is 4.02. The number of nitriles is 1. The van der Waals surface area contributed by atoms with Gasteiger partial charge in [0.1, 0.15) is 17.6 Å². The number of pyridine rings is 1. The van der Waals surface area contributed by atoms with Crippen molar-refractivity contribution in [1.82, 2.24) is 19.9 Å². The number of imidazole rings is 1. The van der Waals surface area contributed by atoms with E-state index in [0.29, 0.717) is 17.8 Å². The number of hydrogen-bond donors (Lipinski definition) is 1. The van der Waals surface area contributed by atoms with Crippen LogP contribution in [0.5, 0.6) is 0 Å². The van der Waals surface area contributed by atoms with Crippen LogP contribution in [0.15, 0.2) is 18.6 Å². The van der Waals surface area contributed by atoms with Crippen molar-refractivity contribution in [1.29, 1.82) is 5.26 Å². The molecule has 140 valence electrons. The summed E-state index contributed by atoms with van der Waals surface area (Å²) in [6.45, 7) is 1.52. The van der Waals surface area contributed by atoms with Gasteiger partial charge in [0.15, 0.2) is 0 Å². The highest BCUT2D eigenvalue weighted by Gasteiger charge is 2.26. The van der Waals surface area contributed by atoms with E-state index in [1.165, 1.54) is 12.0 Å². The average molecular weight is 364 g/mol. The third-order valence-corrected chi connectivity index (χ3v) is 5.39. The van der Waals surface area contributed by atoms with E-state index in [2.05, 4.69) is 21.3 Å². The molecule has 1 unspecified atom stereocenters. The van der Waals surface area contributed by atoms with Gasteiger partial charge in [0.05, 0.1) is 11.9 Å². The first-order valence-corrected chi connectivity index (χ1v) is 9.60. The molecule has 1 amide bonds. The standard InChI is InChI=1S/C20H24N6O/c1-25-12-18(22-13-25)20(27)23-16-6-4-8-26(11-16)19-15(10-21)9-14-5-2-3-7-17(14)24-19/h9,12-13,16H,2-8,11H2,1H3,(H,23,27). The van der Waals surface area contributed by atoms with Gasteiger partial charge in [-0.3, -0.25) is 4.79 Å². The molecule has 1 N–H and O–H groups in total. The van der Waals surface area contributed by atoms with Crippen LogP contribution < -0.4 is 10.2 Å². The fourth-order valence-corrected chi connectivity index (χ4v) is 4.02. The third kappa shape index (κ3) is 3.65. The quantitative estimate of drug-likeness (QED) is 0.900. The Morgan fingerprint density at radius 3 is 2.96 bits per heavy atom. The molecule has 0 aromatic carbocycles. The number of piperidine rings is 1. The first-order chi connectivity index (χ1) is 13.1. The first-order valence-electron chi connectivity index (χ1n) is 9.60. The summed E-state index contributed by atoms with van der Waals surface area (Å²) in [5, 5.41) is 12.7. The summed E-state index contributed by atoms with van der Waals surface area (Å²) >= 11 is 0. The number of carbonyl (C=O) groups excluding carboxylic acids is 1. The van der Waals surface area contributed by atoms with Crippen LogP contribution >= 0.6 is 0 Å². The molecular formula is C20H24N6O. The predicted octanol–water partition coefficient (Wildman–Crippen LogP) is 1.96. The molecule has 3 heterocycles. The van der Waals surface area contributed by atoms with Gasteiger partial charge in [0, 0.05) is 38.1 Å². The van der Waals surface area contributed by atoms with Crippen LogP contribution in [0.1, 0.15) is 53.0 Å². The van der Waals surface area contributed by atoms with E-state index in [1.807, 2.05) is 13.1 Å². The summed E-state index contributed by atoms with van der Waals surface area (Å²) in [7, 11) is 1.84. The van der Waals surface area contributed by atoms with E-state index >= 15 is 0 Å². The number of aryl methyl sites for hydroxylation is 3. The van der Waals surface area contributed by atoms with Crippen LogP contribution in [-0.4, -0.2) is 39.6 Å². The van der Waals surface area contributed by atoms with Crippen LogP contribution in [0.4, 0.5) is 5.82 Å². The number of amides is 1. The largest absolute Gasteiger partial charge is 0.353 e. The van der Waals surface area contributed by atoms with E-state index in [0.717, 1.165) is 50.2 Å². The van der Waals surface area contributed by atoms with Crippen LogP contribution in [0.3, 0.4) is 0 Å². The lowest BCUT2D eigenvalue weighted by molar-refractivity contribution is 0.0928. The minimum absolute atomic E-state index is 0.0256. The predicted molar refractivity (Wildman–Crippen MR) is 102 cm³/mol. The van der Waals surface area contributed by atoms with Gasteiger partial charge in [-0.2, -0.15) is 5.26 Å². The zero-order valence-electron chi connectivity index (χ0n) is 15.6. The molecule has 4 rings (SSSR count). The van der Waals surface area contributed by atoms with Crippen molar-refractivity contribution < 1.29 is 4.79 Å². The van der Waals surface area contributed by atoms with E-state index in [4.69, 9.17) is 4.98 Å². The van der Waals surface area contributed by atoms with Crippen LogP contribution in [0.2, 0.25) is 0 Å². The highest BCUT2D eigenvalue weighted by atomic mass is 16.2. The normalized spacial score (nSPS) is 19.3. The Morgan fingerprint density at radius 2 is 2.19 bits per heavy atom. The number of carbonyl (C=O) groups is 1. The first kappa shape index (κ1) is 17.5. The Balaban J connectivity index is 1.51. The summed E-state index contributed by atoms with van der Waals surface area (Å²) in [6, 6.07) is 4.37. The Hall–Kier alpha value is -2.88. The maximum atomic E-state index is 12.4. The molecule has 2 aromatic rings. The van der Waals surface area contributed by atoms with Gasteiger partial charge in [0.25, 0.3) is 5.91 Å². The lowest BCUT2D eigenvalue weighted by Crippen LogP contribution is -2.48. The molecular weight excluding hydrogens is 340 g/mol. The number of fused-ring (bicyclic) bond motifs is 1. The van der Waals surface area contributed by atoms with Gasteiger partial charge in [-0.15, -0.1) is 0 Å². The zero-order valence-corrected chi connectivity index (χ0v) is 15.6. The molecule has 0 saturated carbocycles. The average Bonchev–Trinajstić information content (AvgIpc) is 3.13. The molecule has 0 bridgehead atoms. The van der Waals surface area contributed by atoms with Crippen molar-refractivity contribution >= 4 is 11.7 Å². The highest BCUT2D eigenvalue weighted by molar-refractivity contribution is 5.92. The Labute approximate surface area is 159 Å². The molecule has 1 aliphatic carbocycles. The lowest BCUT2D eigenvalue weighted by Gasteiger charge is -2.35. The Kier molecular flexibility index (Phi) is 4.80. The second-order valence-corrected chi connectivity index (χ2v) is 7.47. The van der Waals surface area contributed by atoms with E-state index in [9.17, 15) is 10.1 Å². The topological polar surface area (TPSA) is 86.8 Å². The van der Waals surface area contributed by atoms with E-state index < -0.39 is 0 Å². The summed E-state index contributed by atoms with van der Waals surface area (Å²) in [4.78, 5) is 23.5. The van der Waals surface area contributed by atoms with Crippen LogP contribution in [-0.2, 0) is 19.9 Å². The molecule has 2 aliphatic rings. The molecule has 1 aliphatic heterocycles. The SMILES string of the molecule is Cn1cnc(C(=O)NC2CCCN(c3nc4c(cc3C#N)CCCC4)C2)c1. The minimum Gasteiger partial charge on any atom is -0.353 e. The molecule has 2 aromatic heterocycles. The minimum atomic E-state index is -0.152. The maximum Gasteiger partial charge on any atom is 0.271 e. The molecule has 1 atom stereocenters. The molecule has 0 radical (unpaired) electrons. The number of hydrogen-bond acceptors (Lipinski definition) is 5. The van der Waals surface area contributed by atoms with Gasteiger partial charge in [0.2, 0.25) is 0 Å². The monoisotopic (exact) mass is 364 g/mol. The summed E-state index contributed by atoms with van der Waals surface area (Å²) in [5.41, 5.74) is 3.43. The molecule has 0 spiro atoms. The smallest absolute Gasteiger partial charge is 0.271 e. The van der Waals surface area contributed by atoms with E-state index in [1.54, 1.807) is 17.1 Å². The molecule has 7 heteroatoms. The molecule has 1 saturated heterocycles. The van der Waals surface area contributed by atoms with Gasteiger partial charge < -0.3 is 14.8 Å². The van der Waals surface area contributed by atoms with Crippen molar-refractivity contribution in [2.45, 2.75) is 44.6 Å². The number of rotatable bonds is 3. The zero-order chi connectivity index (χ0) is 18.8. The van der Waals surface area contributed by atoms with Gasteiger partial charge >= 0.3 is 0 Å². The number of nitrogens with one attached hydrogen (secondary N) is 1. The lowest BCUT2D eigenvalue weighted by atomic mass is 9.94. The summed E-state index contributed by atoms with van der Waals surface area (Å²) < 4.78 is 1.76. The van der Waals surface area contributed by atoms with Crippen molar-refractivity contribution in [3.05, 3.63) is 41.1 Å². The number of anilines is 1. The van der Waals surface area contributed by atoms with E-state index in [-0.39, 0.29) is 11.9 Å². The Morgan fingerprint density at radius 1 is 1.33 bits per heavy atom. The van der Waals surface area contributed by atoms with Crippen molar-refractivity contribution in [3.8, 4) is 6.07 Å². The number of aromatic nitrogens is 3. The van der Waals surface area contributed by atoms with Crippen molar-refractivity contribution in [2.75, 3.05) is 18.0 Å². The molecule has 1 fully saturated rings. The second kappa shape index (κ2) is 7.39. The third-order valence-electron chi connectivity index (χ3n) is 5.39. The summed E-state index contributed by atoms with van der Waals surface area (Å²) in [5.74, 6) is 0.622. The van der Waals surface area contributed by atoms with Crippen molar-refractivity contribution in [3.63, 3.8) is 0 Å². The number of nitrogens with zero attached hydrogens (tertiary/aromatic N) is 5. The fraction of sp³-hybridized carbons (Fsp3) is 0.500.